The monoisotopic (exact) mass is 231 g/mol. The van der Waals surface area contributed by atoms with Crippen LogP contribution in [0, 0.1) is 6.92 Å². The summed E-state index contributed by atoms with van der Waals surface area (Å²) in [5, 5.41) is 9.22. The van der Waals surface area contributed by atoms with Gasteiger partial charge in [0.25, 0.3) is 6.43 Å². The van der Waals surface area contributed by atoms with Crippen molar-refractivity contribution in [1.82, 2.24) is 4.98 Å². The summed E-state index contributed by atoms with van der Waals surface area (Å²) in [6.45, 7) is 1.38. The van der Waals surface area contributed by atoms with E-state index in [1.54, 1.807) is 0 Å². The Hall–Kier alpha value is -1.72. The summed E-state index contributed by atoms with van der Waals surface area (Å²) >= 11 is 0. The number of methoxy groups -OCH3 is 1. The van der Waals surface area contributed by atoms with Crippen molar-refractivity contribution in [2.45, 2.75) is 19.8 Å². The predicted octanol–water partition coefficient (Wildman–Crippen LogP) is 1.75. The molecule has 1 N–H and O–H groups in total. The minimum Gasteiger partial charge on any atom is -0.506 e. The lowest BCUT2D eigenvalue weighted by atomic mass is 10.1. The van der Waals surface area contributed by atoms with Crippen LogP contribution in [0.15, 0.2) is 6.20 Å². The van der Waals surface area contributed by atoms with Crippen LogP contribution in [0.25, 0.3) is 0 Å². The zero-order valence-corrected chi connectivity index (χ0v) is 8.83. The number of nitrogens with zero attached hydrogens (tertiary/aromatic N) is 1. The molecular formula is C10H11F2NO3. The largest absolute Gasteiger partial charge is 0.506 e. The van der Waals surface area contributed by atoms with Gasteiger partial charge in [0.15, 0.2) is 0 Å². The average Bonchev–Trinajstić information content (AvgIpc) is 2.21. The second-order valence-corrected chi connectivity index (χ2v) is 3.18. The van der Waals surface area contributed by atoms with Crippen LogP contribution in [0.3, 0.4) is 0 Å². The molecule has 6 heteroatoms. The second-order valence-electron chi connectivity index (χ2n) is 3.18. The molecule has 0 radical (unpaired) electrons. The summed E-state index contributed by atoms with van der Waals surface area (Å²) in [7, 11) is 1.20. The van der Waals surface area contributed by atoms with Crippen molar-refractivity contribution in [2.24, 2.45) is 0 Å². The van der Waals surface area contributed by atoms with E-state index >= 15 is 0 Å². The first-order valence-electron chi connectivity index (χ1n) is 4.49. The van der Waals surface area contributed by atoms with Crippen LogP contribution in [0.4, 0.5) is 8.78 Å². The maximum Gasteiger partial charge on any atom is 0.311 e. The number of esters is 1. The van der Waals surface area contributed by atoms with Crippen molar-refractivity contribution < 1.29 is 23.4 Å². The highest BCUT2D eigenvalue weighted by atomic mass is 19.3. The molecule has 4 nitrogen and oxygen atoms in total. The van der Waals surface area contributed by atoms with Crippen LogP contribution < -0.4 is 0 Å². The van der Waals surface area contributed by atoms with E-state index in [1.165, 1.54) is 14.0 Å². The summed E-state index contributed by atoms with van der Waals surface area (Å²) in [6, 6.07) is 0. The number of ether oxygens (including phenoxy) is 1. The lowest BCUT2D eigenvalue weighted by molar-refractivity contribution is -0.139. The van der Waals surface area contributed by atoms with Gasteiger partial charge < -0.3 is 9.84 Å². The Bertz CT molecular complexity index is 407. The fourth-order valence-corrected chi connectivity index (χ4v) is 1.32. The van der Waals surface area contributed by atoms with E-state index in [1.807, 2.05) is 0 Å². The number of rotatable bonds is 3. The Kier molecular flexibility index (Phi) is 3.76. The molecule has 0 aliphatic heterocycles. The normalized spacial score (nSPS) is 10.6. The van der Waals surface area contributed by atoms with Crippen molar-refractivity contribution in [3.8, 4) is 5.75 Å². The van der Waals surface area contributed by atoms with Crippen LogP contribution in [0.2, 0.25) is 0 Å². The van der Waals surface area contributed by atoms with Crippen molar-refractivity contribution >= 4 is 5.97 Å². The molecule has 0 aromatic carbocycles. The van der Waals surface area contributed by atoms with Gasteiger partial charge in [-0.05, 0) is 12.5 Å². The molecule has 1 aromatic heterocycles. The first-order chi connectivity index (χ1) is 7.47. The summed E-state index contributed by atoms with van der Waals surface area (Å²) in [5.41, 5.74) is -0.200. The molecule has 0 unspecified atom stereocenters. The Morgan fingerprint density at radius 3 is 2.75 bits per heavy atom. The van der Waals surface area contributed by atoms with E-state index in [2.05, 4.69) is 9.72 Å². The first-order valence-corrected chi connectivity index (χ1v) is 4.49. The molecule has 0 saturated heterocycles. The highest BCUT2D eigenvalue weighted by Gasteiger charge is 2.20. The fraction of sp³-hybridized carbons (Fsp3) is 0.400. The lowest BCUT2D eigenvalue weighted by Gasteiger charge is -2.10. The number of hydrogen-bond acceptors (Lipinski definition) is 4. The average molecular weight is 231 g/mol. The standard InChI is InChI=1S/C10H11F2NO3/c1-5-6(3-8(15)16-2)13-4-7(14)9(5)10(11)12/h4,10,14H,3H2,1-2H3. The van der Waals surface area contributed by atoms with Gasteiger partial charge in [-0.2, -0.15) is 0 Å². The molecule has 0 aliphatic rings. The first kappa shape index (κ1) is 12.4. The number of carbonyl (C=O) groups excluding carboxylic acids is 1. The molecule has 0 amide bonds. The molecule has 1 rings (SSSR count). The molecule has 0 bridgehead atoms. The summed E-state index contributed by atoms with van der Waals surface area (Å²) in [5.74, 6) is -1.14. The van der Waals surface area contributed by atoms with Gasteiger partial charge in [0.05, 0.1) is 31.0 Å². The molecule has 16 heavy (non-hydrogen) atoms. The number of aromatic nitrogens is 1. The topological polar surface area (TPSA) is 59.4 Å². The Morgan fingerprint density at radius 1 is 1.62 bits per heavy atom. The van der Waals surface area contributed by atoms with Crippen LogP contribution in [-0.2, 0) is 16.0 Å². The third kappa shape index (κ3) is 2.44. The molecule has 0 aliphatic carbocycles. The van der Waals surface area contributed by atoms with Crippen molar-refractivity contribution in [3.63, 3.8) is 0 Å². The molecule has 0 atom stereocenters. The van der Waals surface area contributed by atoms with E-state index in [-0.39, 0.29) is 17.7 Å². The number of carbonyl (C=O) groups is 1. The second kappa shape index (κ2) is 4.87. The summed E-state index contributed by atoms with van der Waals surface area (Å²) < 4.78 is 29.6. The minimum atomic E-state index is -2.81. The molecule has 1 aromatic rings. The lowest BCUT2D eigenvalue weighted by Crippen LogP contribution is -2.09. The van der Waals surface area contributed by atoms with Gasteiger partial charge in [-0.25, -0.2) is 8.78 Å². The SMILES string of the molecule is COC(=O)Cc1ncc(O)c(C(F)F)c1C. The van der Waals surface area contributed by atoms with Crippen molar-refractivity contribution in [3.05, 3.63) is 23.0 Å². The maximum atomic E-state index is 12.6. The fourth-order valence-electron chi connectivity index (χ4n) is 1.32. The van der Waals surface area contributed by atoms with Crippen LogP contribution in [0.1, 0.15) is 23.2 Å². The zero-order valence-electron chi connectivity index (χ0n) is 8.83. The van der Waals surface area contributed by atoms with E-state index in [0.717, 1.165) is 6.20 Å². The van der Waals surface area contributed by atoms with Gasteiger partial charge in [-0.3, -0.25) is 9.78 Å². The quantitative estimate of drug-likeness (QED) is 0.805. The number of halogens is 2. The Morgan fingerprint density at radius 2 is 2.25 bits per heavy atom. The van der Waals surface area contributed by atoms with Gasteiger partial charge in [0, 0.05) is 0 Å². The van der Waals surface area contributed by atoms with E-state index in [4.69, 9.17) is 0 Å². The van der Waals surface area contributed by atoms with Gasteiger partial charge in [0.2, 0.25) is 0 Å². The number of pyridine rings is 1. The van der Waals surface area contributed by atoms with Crippen LogP contribution >= 0.6 is 0 Å². The number of alkyl halides is 2. The Labute approximate surface area is 90.9 Å². The predicted molar refractivity (Wildman–Crippen MR) is 51.3 cm³/mol. The highest BCUT2D eigenvalue weighted by Crippen LogP contribution is 2.31. The third-order valence-corrected chi connectivity index (χ3v) is 2.21. The molecule has 0 fully saturated rings. The maximum absolute atomic E-state index is 12.6. The molecular weight excluding hydrogens is 220 g/mol. The third-order valence-electron chi connectivity index (χ3n) is 2.21. The number of hydrogen-bond donors (Lipinski definition) is 1. The number of aromatic hydroxyl groups is 1. The van der Waals surface area contributed by atoms with E-state index in [9.17, 15) is 18.7 Å². The summed E-state index contributed by atoms with van der Waals surface area (Å²) in [6.07, 6.45) is -2.09. The van der Waals surface area contributed by atoms with Gasteiger partial charge >= 0.3 is 5.97 Å². The molecule has 88 valence electrons. The zero-order chi connectivity index (χ0) is 12.3. The minimum absolute atomic E-state index is 0.111. The van der Waals surface area contributed by atoms with Crippen LogP contribution in [0.5, 0.6) is 5.75 Å². The van der Waals surface area contributed by atoms with Gasteiger partial charge in [0.1, 0.15) is 5.75 Å². The van der Waals surface area contributed by atoms with Crippen molar-refractivity contribution in [2.75, 3.05) is 7.11 Å². The van der Waals surface area contributed by atoms with Crippen LogP contribution in [-0.4, -0.2) is 23.2 Å². The van der Waals surface area contributed by atoms with Crippen molar-refractivity contribution in [1.29, 1.82) is 0 Å². The van der Waals surface area contributed by atoms with E-state index in [0.29, 0.717) is 0 Å². The smallest absolute Gasteiger partial charge is 0.311 e. The molecule has 1 heterocycles. The summed E-state index contributed by atoms with van der Waals surface area (Å²) in [4.78, 5) is 14.7. The molecule has 0 spiro atoms. The Balaban J connectivity index is 3.13. The van der Waals surface area contributed by atoms with Gasteiger partial charge in [-0.15, -0.1) is 0 Å². The molecule has 0 saturated carbocycles. The van der Waals surface area contributed by atoms with E-state index < -0.39 is 23.7 Å². The van der Waals surface area contributed by atoms with Gasteiger partial charge in [-0.1, -0.05) is 0 Å². The highest BCUT2D eigenvalue weighted by molar-refractivity contribution is 5.72.